The molecule has 0 bridgehead atoms. The van der Waals surface area contributed by atoms with Crippen molar-refractivity contribution < 1.29 is 0 Å². The van der Waals surface area contributed by atoms with Crippen LogP contribution in [0.15, 0.2) is 24.8 Å². The van der Waals surface area contributed by atoms with Crippen molar-refractivity contribution in [2.24, 2.45) is 5.73 Å². The number of hydrogen-bond donors (Lipinski definition) is 1. The van der Waals surface area contributed by atoms with Crippen molar-refractivity contribution in [1.29, 1.82) is 0 Å². The molecular formula is C14H19N3. The molecule has 1 heterocycles. The third-order valence-corrected chi connectivity index (χ3v) is 3.11. The zero-order chi connectivity index (χ0) is 12.6. The van der Waals surface area contributed by atoms with E-state index in [0.29, 0.717) is 0 Å². The van der Waals surface area contributed by atoms with Gasteiger partial charge in [-0.05, 0) is 44.0 Å². The van der Waals surface area contributed by atoms with Gasteiger partial charge in [0.2, 0.25) is 0 Å². The van der Waals surface area contributed by atoms with E-state index < -0.39 is 0 Å². The van der Waals surface area contributed by atoms with Crippen molar-refractivity contribution in [2.45, 2.75) is 33.4 Å². The quantitative estimate of drug-likeness (QED) is 0.822. The van der Waals surface area contributed by atoms with Gasteiger partial charge in [0.25, 0.3) is 0 Å². The lowest BCUT2D eigenvalue weighted by Crippen LogP contribution is -2.13. The van der Waals surface area contributed by atoms with E-state index in [9.17, 15) is 0 Å². The highest BCUT2D eigenvalue weighted by Gasteiger charge is 2.13. The molecule has 0 amide bonds. The molecule has 3 heteroatoms. The largest absolute Gasteiger partial charge is 0.323 e. The molecule has 1 aromatic carbocycles. The SMILES string of the molecule is C=CCn1c(C(C)N)nc2cc(C)c(C)cc21. The van der Waals surface area contributed by atoms with Crippen LogP contribution in [0, 0.1) is 13.8 Å². The number of fused-ring (bicyclic) bond motifs is 1. The van der Waals surface area contributed by atoms with Gasteiger partial charge in [0, 0.05) is 6.54 Å². The Kier molecular flexibility index (Phi) is 3.03. The zero-order valence-electron chi connectivity index (χ0n) is 10.7. The summed E-state index contributed by atoms with van der Waals surface area (Å²) < 4.78 is 2.14. The van der Waals surface area contributed by atoms with Crippen LogP contribution in [-0.2, 0) is 6.54 Å². The minimum absolute atomic E-state index is 0.0667. The van der Waals surface area contributed by atoms with Crippen molar-refractivity contribution in [3.05, 3.63) is 41.7 Å². The van der Waals surface area contributed by atoms with Gasteiger partial charge < -0.3 is 10.3 Å². The first-order valence-electron chi connectivity index (χ1n) is 5.88. The molecule has 2 rings (SSSR count). The van der Waals surface area contributed by atoms with Gasteiger partial charge in [-0.3, -0.25) is 0 Å². The number of benzene rings is 1. The van der Waals surface area contributed by atoms with Crippen molar-refractivity contribution in [3.63, 3.8) is 0 Å². The lowest BCUT2D eigenvalue weighted by molar-refractivity contribution is 0.671. The normalized spacial score (nSPS) is 12.9. The first kappa shape index (κ1) is 11.9. The van der Waals surface area contributed by atoms with E-state index in [2.05, 4.69) is 42.1 Å². The lowest BCUT2D eigenvalue weighted by atomic mass is 10.1. The van der Waals surface area contributed by atoms with Gasteiger partial charge in [0.15, 0.2) is 0 Å². The monoisotopic (exact) mass is 229 g/mol. The average molecular weight is 229 g/mol. The second-order valence-electron chi connectivity index (χ2n) is 4.58. The molecule has 0 aliphatic heterocycles. The molecule has 1 atom stereocenters. The second-order valence-corrected chi connectivity index (χ2v) is 4.58. The molecule has 0 saturated heterocycles. The van der Waals surface area contributed by atoms with E-state index in [1.54, 1.807) is 0 Å². The summed E-state index contributed by atoms with van der Waals surface area (Å²) in [6.07, 6.45) is 1.88. The number of imidazole rings is 1. The molecule has 1 unspecified atom stereocenters. The number of rotatable bonds is 3. The third-order valence-electron chi connectivity index (χ3n) is 3.11. The molecule has 17 heavy (non-hydrogen) atoms. The molecule has 0 aliphatic rings. The van der Waals surface area contributed by atoms with Gasteiger partial charge in [-0.15, -0.1) is 6.58 Å². The summed E-state index contributed by atoms with van der Waals surface area (Å²) in [5, 5.41) is 0. The molecule has 2 aromatic rings. The molecule has 0 aliphatic carbocycles. The molecule has 0 spiro atoms. The topological polar surface area (TPSA) is 43.8 Å². The van der Waals surface area contributed by atoms with Crippen LogP contribution in [0.25, 0.3) is 11.0 Å². The highest BCUT2D eigenvalue weighted by molar-refractivity contribution is 5.78. The van der Waals surface area contributed by atoms with Crippen LogP contribution >= 0.6 is 0 Å². The first-order valence-corrected chi connectivity index (χ1v) is 5.88. The van der Waals surface area contributed by atoms with Crippen LogP contribution in [0.5, 0.6) is 0 Å². The Balaban J connectivity index is 2.75. The number of aryl methyl sites for hydroxylation is 2. The highest BCUT2D eigenvalue weighted by Crippen LogP contribution is 2.23. The Bertz CT molecular complexity index is 564. The van der Waals surface area contributed by atoms with Crippen LogP contribution < -0.4 is 5.73 Å². The standard InChI is InChI=1S/C14H19N3/c1-5-6-17-13-8-10(3)9(2)7-12(13)16-14(17)11(4)15/h5,7-8,11H,1,6,15H2,2-4H3. The molecule has 0 saturated carbocycles. The summed E-state index contributed by atoms with van der Waals surface area (Å²) in [7, 11) is 0. The van der Waals surface area contributed by atoms with E-state index >= 15 is 0 Å². The Labute approximate surface area is 102 Å². The van der Waals surface area contributed by atoms with E-state index in [-0.39, 0.29) is 6.04 Å². The Morgan fingerprint density at radius 2 is 2.06 bits per heavy atom. The molecule has 2 N–H and O–H groups in total. The fourth-order valence-electron chi connectivity index (χ4n) is 2.07. The summed E-state index contributed by atoms with van der Waals surface area (Å²) in [6.45, 7) is 10.7. The minimum atomic E-state index is -0.0667. The minimum Gasteiger partial charge on any atom is -0.323 e. The fourth-order valence-corrected chi connectivity index (χ4v) is 2.07. The summed E-state index contributed by atoms with van der Waals surface area (Å²) in [6, 6.07) is 4.23. The van der Waals surface area contributed by atoms with Crippen LogP contribution in [0.1, 0.15) is 29.9 Å². The summed E-state index contributed by atoms with van der Waals surface area (Å²) in [5.74, 6) is 0.921. The van der Waals surface area contributed by atoms with Crippen LogP contribution in [-0.4, -0.2) is 9.55 Å². The summed E-state index contributed by atoms with van der Waals surface area (Å²) in [4.78, 5) is 4.62. The summed E-state index contributed by atoms with van der Waals surface area (Å²) >= 11 is 0. The van der Waals surface area contributed by atoms with Gasteiger partial charge in [0.1, 0.15) is 5.82 Å². The molecule has 3 nitrogen and oxygen atoms in total. The molecule has 0 fully saturated rings. The van der Waals surface area contributed by atoms with E-state index in [1.807, 2.05) is 13.0 Å². The lowest BCUT2D eigenvalue weighted by Gasteiger charge is -2.09. The van der Waals surface area contributed by atoms with E-state index in [1.165, 1.54) is 11.1 Å². The van der Waals surface area contributed by atoms with Crippen molar-refractivity contribution in [2.75, 3.05) is 0 Å². The maximum absolute atomic E-state index is 5.97. The van der Waals surface area contributed by atoms with Gasteiger partial charge in [0.05, 0.1) is 17.1 Å². The number of nitrogens with zero attached hydrogens (tertiary/aromatic N) is 2. The van der Waals surface area contributed by atoms with Crippen molar-refractivity contribution in [3.8, 4) is 0 Å². The van der Waals surface area contributed by atoms with Crippen LogP contribution in [0.3, 0.4) is 0 Å². The predicted molar refractivity (Wildman–Crippen MR) is 72.0 cm³/mol. The van der Waals surface area contributed by atoms with Gasteiger partial charge in [-0.1, -0.05) is 6.08 Å². The van der Waals surface area contributed by atoms with Crippen LogP contribution in [0.4, 0.5) is 0 Å². The molecule has 0 radical (unpaired) electrons. The number of aromatic nitrogens is 2. The van der Waals surface area contributed by atoms with Crippen molar-refractivity contribution in [1.82, 2.24) is 9.55 Å². The Morgan fingerprint density at radius 3 is 2.65 bits per heavy atom. The summed E-state index contributed by atoms with van der Waals surface area (Å²) in [5.41, 5.74) is 10.7. The number of hydrogen-bond acceptors (Lipinski definition) is 2. The second kappa shape index (κ2) is 4.34. The maximum Gasteiger partial charge on any atom is 0.126 e. The molecule has 1 aromatic heterocycles. The Morgan fingerprint density at radius 1 is 1.41 bits per heavy atom. The van der Waals surface area contributed by atoms with E-state index in [0.717, 1.165) is 23.4 Å². The van der Waals surface area contributed by atoms with Gasteiger partial charge in [-0.25, -0.2) is 4.98 Å². The van der Waals surface area contributed by atoms with Gasteiger partial charge in [-0.2, -0.15) is 0 Å². The Hall–Kier alpha value is -1.61. The number of nitrogens with two attached hydrogens (primary N) is 1. The highest BCUT2D eigenvalue weighted by atomic mass is 15.1. The third kappa shape index (κ3) is 1.98. The van der Waals surface area contributed by atoms with E-state index in [4.69, 9.17) is 5.73 Å². The predicted octanol–water partition coefficient (Wildman–Crippen LogP) is 2.86. The smallest absolute Gasteiger partial charge is 0.126 e. The van der Waals surface area contributed by atoms with Crippen molar-refractivity contribution >= 4 is 11.0 Å². The maximum atomic E-state index is 5.97. The zero-order valence-corrected chi connectivity index (χ0v) is 10.7. The van der Waals surface area contributed by atoms with Crippen LogP contribution in [0.2, 0.25) is 0 Å². The molecular weight excluding hydrogens is 210 g/mol. The first-order chi connectivity index (χ1) is 8.04. The average Bonchev–Trinajstić information content (AvgIpc) is 2.59. The molecule has 90 valence electrons. The number of allylic oxidation sites excluding steroid dienone is 1. The van der Waals surface area contributed by atoms with Gasteiger partial charge >= 0.3 is 0 Å². The fraction of sp³-hybridized carbons (Fsp3) is 0.357.